The number of fused-ring (bicyclic) bond motifs is 1. The van der Waals surface area contributed by atoms with E-state index in [0.717, 1.165) is 22.0 Å². The van der Waals surface area contributed by atoms with Crippen molar-refractivity contribution < 1.29 is 33.3 Å². The lowest BCUT2D eigenvalue weighted by atomic mass is 10.0. The van der Waals surface area contributed by atoms with Crippen LogP contribution in [0.15, 0.2) is 90.0 Å². The van der Waals surface area contributed by atoms with E-state index in [0.29, 0.717) is 34.3 Å². The van der Waals surface area contributed by atoms with Crippen LogP contribution in [0.3, 0.4) is 0 Å². The summed E-state index contributed by atoms with van der Waals surface area (Å²) < 4.78 is 27.1. The number of hydrogen-bond acceptors (Lipinski definition) is 8. The fraction of sp³-hybridized carbons (Fsp3) is 0.121. The van der Waals surface area contributed by atoms with Crippen molar-refractivity contribution in [3.05, 3.63) is 102 Å². The van der Waals surface area contributed by atoms with Crippen molar-refractivity contribution in [2.24, 2.45) is 5.10 Å². The number of carbonyl (C=O) groups excluding carboxylic acids is 2. The second-order valence-electron chi connectivity index (χ2n) is 9.19. The number of aromatic amines is 1. The van der Waals surface area contributed by atoms with Gasteiger partial charge in [0, 0.05) is 22.0 Å². The molecule has 5 aromatic rings. The number of rotatable bonds is 10. The van der Waals surface area contributed by atoms with Crippen LogP contribution in [0.2, 0.25) is 0 Å². The molecule has 4 aromatic carbocycles. The van der Waals surface area contributed by atoms with Crippen molar-refractivity contribution in [1.82, 2.24) is 10.4 Å². The zero-order chi connectivity index (χ0) is 30.3. The molecule has 218 valence electrons. The molecule has 0 aliphatic heterocycles. The molecule has 0 bridgehead atoms. The average molecular weight is 580 g/mol. The first kappa shape index (κ1) is 28.7. The summed E-state index contributed by atoms with van der Waals surface area (Å²) in [7, 11) is 5.99. The Hall–Kier alpha value is -5.77. The van der Waals surface area contributed by atoms with Crippen molar-refractivity contribution in [1.29, 1.82) is 0 Å². The predicted octanol–water partition coefficient (Wildman–Crippen LogP) is 5.85. The third-order valence-electron chi connectivity index (χ3n) is 6.69. The summed E-state index contributed by atoms with van der Waals surface area (Å²) in [5, 5.41) is 4.99. The van der Waals surface area contributed by atoms with Gasteiger partial charge in [-0.25, -0.2) is 10.2 Å². The fourth-order valence-corrected chi connectivity index (χ4v) is 4.63. The van der Waals surface area contributed by atoms with E-state index in [1.165, 1.54) is 39.7 Å². The molecule has 5 rings (SSSR count). The van der Waals surface area contributed by atoms with E-state index in [9.17, 15) is 9.59 Å². The Morgan fingerprint density at radius 1 is 0.767 bits per heavy atom. The topological polar surface area (TPSA) is 120 Å². The lowest BCUT2D eigenvalue weighted by Gasteiger charge is -2.14. The number of aromatic nitrogens is 1. The molecule has 0 spiro atoms. The van der Waals surface area contributed by atoms with E-state index in [4.69, 9.17) is 23.7 Å². The second kappa shape index (κ2) is 12.8. The van der Waals surface area contributed by atoms with Crippen molar-refractivity contribution in [3.8, 4) is 39.9 Å². The number of nitrogens with one attached hydrogen (secondary N) is 2. The third-order valence-corrected chi connectivity index (χ3v) is 6.69. The number of H-pyrrole nitrogens is 1. The minimum Gasteiger partial charge on any atom is -0.497 e. The van der Waals surface area contributed by atoms with Crippen LogP contribution >= 0.6 is 0 Å². The van der Waals surface area contributed by atoms with E-state index in [-0.39, 0.29) is 11.3 Å². The maximum Gasteiger partial charge on any atom is 0.343 e. The number of ether oxygens (including phenoxy) is 5. The van der Waals surface area contributed by atoms with Gasteiger partial charge in [0.25, 0.3) is 5.91 Å². The summed E-state index contributed by atoms with van der Waals surface area (Å²) in [5.74, 6) is 0.804. The molecule has 0 unspecified atom stereocenters. The fourth-order valence-electron chi connectivity index (χ4n) is 4.63. The lowest BCUT2D eigenvalue weighted by molar-refractivity contribution is 0.0733. The van der Waals surface area contributed by atoms with Gasteiger partial charge in [-0.05, 0) is 48.0 Å². The maximum absolute atomic E-state index is 13.4. The van der Waals surface area contributed by atoms with Crippen LogP contribution in [-0.2, 0) is 0 Å². The van der Waals surface area contributed by atoms with Crippen LogP contribution in [0, 0.1) is 0 Å². The molecule has 1 amide bonds. The molecular formula is C33H29N3O7. The van der Waals surface area contributed by atoms with Gasteiger partial charge >= 0.3 is 5.97 Å². The third kappa shape index (κ3) is 5.98. The molecule has 43 heavy (non-hydrogen) atoms. The zero-order valence-corrected chi connectivity index (χ0v) is 24.0. The van der Waals surface area contributed by atoms with Gasteiger partial charge in [-0.2, -0.15) is 5.10 Å². The monoisotopic (exact) mass is 579 g/mol. The second-order valence-corrected chi connectivity index (χ2v) is 9.19. The Morgan fingerprint density at radius 3 is 2.14 bits per heavy atom. The Morgan fingerprint density at radius 2 is 1.47 bits per heavy atom. The molecule has 0 aliphatic carbocycles. The van der Waals surface area contributed by atoms with Crippen LogP contribution < -0.4 is 29.1 Å². The highest BCUT2D eigenvalue weighted by molar-refractivity contribution is 6.10. The molecule has 10 nitrogen and oxygen atoms in total. The summed E-state index contributed by atoms with van der Waals surface area (Å²) in [6.45, 7) is 0. The minimum atomic E-state index is -0.648. The molecule has 10 heteroatoms. The van der Waals surface area contributed by atoms with Gasteiger partial charge in [0.15, 0.2) is 11.5 Å². The van der Waals surface area contributed by atoms with E-state index in [1.54, 1.807) is 31.4 Å². The van der Waals surface area contributed by atoms with E-state index < -0.39 is 11.9 Å². The van der Waals surface area contributed by atoms with E-state index in [2.05, 4.69) is 15.5 Å². The number of hydrogen-bond donors (Lipinski definition) is 2. The number of esters is 1. The van der Waals surface area contributed by atoms with Crippen LogP contribution in [0.4, 0.5) is 0 Å². The van der Waals surface area contributed by atoms with Gasteiger partial charge in [0.2, 0.25) is 5.75 Å². The van der Waals surface area contributed by atoms with E-state index >= 15 is 0 Å². The van der Waals surface area contributed by atoms with Crippen molar-refractivity contribution in [2.75, 3.05) is 28.4 Å². The number of para-hydroxylation sites is 1. The molecular weight excluding hydrogens is 550 g/mol. The van der Waals surface area contributed by atoms with Gasteiger partial charge in [-0.3, -0.25) is 4.79 Å². The standard InChI is InChI=1S/C33H29N3O7/c1-39-23-14-15-25-24(18-23)29(20-10-6-5-7-11-20)30(35-25)32(37)36-34-19-21-12-8-9-13-26(21)43-33(38)22-16-27(40-2)31(42-4)28(17-22)41-3/h5-19,35H,1-4H3,(H,36,37). The van der Waals surface area contributed by atoms with Crippen LogP contribution in [0.5, 0.6) is 28.7 Å². The molecule has 0 aliphatic rings. The maximum atomic E-state index is 13.4. The van der Waals surface area contributed by atoms with Crippen LogP contribution in [0.25, 0.3) is 22.0 Å². The van der Waals surface area contributed by atoms with Crippen molar-refractivity contribution in [3.63, 3.8) is 0 Å². The molecule has 1 heterocycles. The summed E-state index contributed by atoms with van der Waals surface area (Å²) in [5.41, 5.74) is 5.94. The Balaban J connectivity index is 1.39. The van der Waals surface area contributed by atoms with Gasteiger partial charge < -0.3 is 28.7 Å². The Labute approximate surface area is 247 Å². The van der Waals surface area contributed by atoms with Gasteiger partial charge in [0.1, 0.15) is 17.2 Å². The highest BCUT2D eigenvalue weighted by atomic mass is 16.5. The molecule has 0 radical (unpaired) electrons. The first-order valence-electron chi connectivity index (χ1n) is 13.2. The lowest BCUT2D eigenvalue weighted by Crippen LogP contribution is -2.19. The number of carbonyl (C=O) groups is 2. The molecule has 2 N–H and O–H groups in total. The number of nitrogens with zero attached hydrogens (tertiary/aromatic N) is 1. The van der Waals surface area contributed by atoms with E-state index in [1.807, 2.05) is 48.5 Å². The summed E-state index contributed by atoms with van der Waals surface area (Å²) >= 11 is 0. The van der Waals surface area contributed by atoms with Gasteiger partial charge in [-0.1, -0.05) is 42.5 Å². The molecule has 1 aromatic heterocycles. The summed E-state index contributed by atoms with van der Waals surface area (Å²) in [6.07, 6.45) is 1.41. The van der Waals surface area contributed by atoms with Crippen LogP contribution in [-0.4, -0.2) is 51.5 Å². The summed E-state index contributed by atoms with van der Waals surface area (Å²) in [6, 6.07) is 25.0. The predicted molar refractivity (Wildman–Crippen MR) is 163 cm³/mol. The highest BCUT2D eigenvalue weighted by Crippen LogP contribution is 2.38. The molecule has 0 atom stereocenters. The number of methoxy groups -OCH3 is 4. The SMILES string of the molecule is COc1ccc2[nH]c(C(=O)NN=Cc3ccccc3OC(=O)c3cc(OC)c(OC)c(OC)c3)c(-c3ccccc3)c2c1. The number of benzene rings is 4. The summed E-state index contributed by atoms with van der Waals surface area (Å²) in [4.78, 5) is 29.6. The minimum absolute atomic E-state index is 0.193. The van der Waals surface area contributed by atoms with Crippen LogP contribution in [0.1, 0.15) is 26.4 Å². The first-order chi connectivity index (χ1) is 21.0. The Kier molecular flexibility index (Phi) is 8.57. The first-order valence-corrected chi connectivity index (χ1v) is 13.2. The van der Waals surface area contributed by atoms with Crippen molar-refractivity contribution in [2.45, 2.75) is 0 Å². The average Bonchev–Trinajstić information content (AvgIpc) is 3.44. The highest BCUT2D eigenvalue weighted by Gasteiger charge is 2.21. The largest absolute Gasteiger partial charge is 0.497 e. The normalized spacial score (nSPS) is 10.9. The number of amides is 1. The van der Waals surface area contributed by atoms with Gasteiger partial charge in [0.05, 0.1) is 40.2 Å². The molecule has 0 fully saturated rings. The molecule has 0 saturated carbocycles. The zero-order valence-electron chi connectivity index (χ0n) is 24.0. The quantitative estimate of drug-likeness (QED) is 0.0921. The molecule has 0 saturated heterocycles. The van der Waals surface area contributed by atoms with Gasteiger partial charge in [-0.15, -0.1) is 0 Å². The van der Waals surface area contributed by atoms with Crippen molar-refractivity contribution >= 4 is 29.0 Å². The smallest absolute Gasteiger partial charge is 0.343 e. The number of hydrazone groups is 1. The Bertz CT molecular complexity index is 1790.